The third-order valence-electron chi connectivity index (χ3n) is 13.7. The predicted octanol–water partition coefficient (Wildman–Crippen LogP) is 4.72. The molecule has 8 rings (SSSR count). The lowest BCUT2D eigenvalue weighted by atomic mass is 9.51. The van der Waals surface area contributed by atoms with Crippen LogP contribution in [0, 0.1) is 34.5 Å². The topological polar surface area (TPSA) is 127 Å². The molecule has 4 heterocycles. The molecule has 276 valence electrons. The number of aromatic nitrogens is 2. The van der Waals surface area contributed by atoms with Crippen LogP contribution < -0.4 is 14.7 Å². The van der Waals surface area contributed by atoms with Gasteiger partial charge in [-0.25, -0.2) is 0 Å². The average molecular weight is 719 g/mol. The number of nitrogens with zero attached hydrogens (tertiary/aromatic N) is 6. The summed E-state index contributed by atoms with van der Waals surface area (Å²) in [5, 5.41) is 0. The maximum atomic E-state index is 14.3. The Kier molecular flexibility index (Phi) is 8.97. The molecule has 5 fully saturated rings. The smallest absolute Gasteiger partial charge is 0.269 e. The van der Waals surface area contributed by atoms with E-state index in [0.717, 1.165) is 101 Å². The molecule has 51 heavy (non-hydrogen) atoms. The first-order chi connectivity index (χ1) is 24.3. The van der Waals surface area contributed by atoms with Gasteiger partial charge in [0.05, 0.1) is 6.54 Å². The Morgan fingerprint density at radius 1 is 0.941 bits per heavy atom. The molecule has 0 spiro atoms. The monoisotopic (exact) mass is 718 g/mol. The summed E-state index contributed by atoms with van der Waals surface area (Å²) in [6, 6.07) is 2.18. The van der Waals surface area contributed by atoms with Gasteiger partial charge in [0.25, 0.3) is 10.1 Å². The molecule has 1 N–H and O–H groups in total. The summed E-state index contributed by atoms with van der Waals surface area (Å²) in [6.07, 6.45) is 14.0. The van der Waals surface area contributed by atoms with Crippen molar-refractivity contribution < 1.29 is 22.6 Å². The van der Waals surface area contributed by atoms with Crippen LogP contribution in [0.4, 0.5) is 17.6 Å². The molecule has 0 bridgehead atoms. The summed E-state index contributed by atoms with van der Waals surface area (Å²) in [5.41, 5.74) is 1.73. The average Bonchev–Trinajstić information content (AvgIpc) is 3.86. The summed E-state index contributed by atoms with van der Waals surface area (Å²) in [5.74, 6) is 3.16. The van der Waals surface area contributed by atoms with Gasteiger partial charge in [0.2, 0.25) is 5.95 Å². The number of carbonyl (C=O) groups excluding carboxylic acids is 2. The molecular weight excluding hydrogens is 665 g/mol. The molecule has 0 aromatic carbocycles. The number of piperazine rings is 1. The maximum absolute atomic E-state index is 14.3. The molecule has 6 atom stereocenters. The number of carbonyl (C=O) groups is 2. The number of hydrogen-bond donors (Lipinski definition) is 1. The number of Topliss-reactive ketones (excluding diaryl/α,β-unsaturated/α-hetero) is 1. The van der Waals surface area contributed by atoms with Crippen LogP contribution in [0.3, 0.4) is 0 Å². The minimum Gasteiger partial charge on any atom is -0.356 e. The van der Waals surface area contributed by atoms with Gasteiger partial charge in [0.1, 0.15) is 17.4 Å². The molecule has 0 radical (unpaired) electrons. The molecule has 1 aromatic heterocycles. The largest absolute Gasteiger partial charge is 0.356 e. The van der Waals surface area contributed by atoms with E-state index in [-0.39, 0.29) is 34.5 Å². The number of anilines is 3. The fraction of sp³-hybridized carbons (Fsp3) is 0.692. The van der Waals surface area contributed by atoms with Crippen molar-refractivity contribution in [2.75, 3.05) is 79.4 Å². The molecule has 3 saturated heterocycles. The van der Waals surface area contributed by atoms with E-state index in [1.165, 1.54) is 31.3 Å². The Balaban J connectivity index is 0.957. The van der Waals surface area contributed by atoms with Crippen LogP contribution in [-0.2, 0) is 19.7 Å². The molecule has 12 heteroatoms. The minimum atomic E-state index is -4.33. The summed E-state index contributed by atoms with van der Waals surface area (Å²) in [7, 11) is -4.33. The fourth-order valence-corrected chi connectivity index (χ4v) is 11.9. The molecule has 3 aliphatic heterocycles. The Morgan fingerprint density at radius 3 is 2.22 bits per heavy atom. The van der Waals surface area contributed by atoms with E-state index in [1.54, 1.807) is 6.08 Å². The number of fused-ring (bicyclic) bond motifs is 5. The van der Waals surface area contributed by atoms with E-state index in [4.69, 9.17) is 9.97 Å². The first kappa shape index (κ1) is 35.0. The maximum Gasteiger partial charge on any atom is 0.269 e. The second-order valence-electron chi connectivity index (χ2n) is 16.9. The lowest BCUT2D eigenvalue weighted by Crippen LogP contribution is -2.51. The number of hydrogen-bond acceptors (Lipinski definition) is 10. The van der Waals surface area contributed by atoms with Crippen molar-refractivity contribution in [2.45, 2.75) is 72.1 Å². The molecule has 4 aliphatic carbocycles. The summed E-state index contributed by atoms with van der Waals surface area (Å²) in [4.78, 5) is 46.7. The first-order valence-electron chi connectivity index (χ1n) is 19.3. The van der Waals surface area contributed by atoms with Crippen LogP contribution in [-0.4, -0.2) is 104 Å². The highest BCUT2D eigenvalue weighted by molar-refractivity contribution is 7.86. The van der Waals surface area contributed by atoms with Gasteiger partial charge in [0, 0.05) is 75.3 Å². The van der Waals surface area contributed by atoms with Gasteiger partial charge < -0.3 is 14.7 Å². The molecule has 11 nitrogen and oxygen atoms in total. The van der Waals surface area contributed by atoms with E-state index in [9.17, 15) is 22.6 Å². The van der Waals surface area contributed by atoms with Crippen molar-refractivity contribution in [3.05, 3.63) is 41.0 Å². The van der Waals surface area contributed by atoms with Gasteiger partial charge in [-0.15, -0.1) is 0 Å². The summed E-state index contributed by atoms with van der Waals surface area (Å²) >= 11 is 0. The quantitative estimate of drug-likeness (QED) is 0.297. The van der Waals surface area contributed by atoms with E-state index in [1.807, 2.05) is 6.08 Å². The molecule has 0 amide bonds. The van der Waals surface area contributed by atoms with Gasteiger partial charge in [-0.2, -0.15) is 18.4 Å². The van der Waals surface area contributed by atoms with Crippen LogP contribution in [0.15, 0.2) is 41.0 Å². The molecule has 2 saturated carbocycles. The standard InChI is InChI=1S/C39H54N6O5S/c1-26-20-31-29-9-8-28-21-32(46)27(25-51(48,49)50)23-39(28,3)30(29)10-11-38(31,2)36(26)33(47)24-42-16-18-44(19-17-42)35-22-34(43-12-4-5-13-43)40-37(41-35)45-14-6-7-15-45/h10,21-23,26,29,31,36H,4-9,11-20,24-25H2,1-3H3,(H,48,49,50)/t26-,29-,31+,36-,38+,39+/m1/s1. The van der Waals surface area contributed by atoms with Gasteiger partial charge in [-0.05, 0) is 87.5 Å². The molecule has 7 aliphatic rings. The van der Waals surface area contributed by atoms with E-state index < -0.39 is 21.3 Å². The summed E-state index contributed by atoms with van der Waals surface area (Å²) in [6.45, 7) is 14.6. The molecule has 0 unspecified atom stereocenters. The number of rotatable bonds is 8. The van der Waals surface area contributed by atoms with Gasteiger partial charge in [-0.1, -0.05) is 37.1 Å². The fourth-order valence-electron chi connectivity index (χ4n) is 11.3. The zero-order chi connectivity index (χ0) is 35.7. The lowest BCUT2D eigenvalue weighted by Gasteiger charge is -2.52. The highest BCUT2D eigenvalue weighted by atomic mass is 32.2. The van der Waals surface area contributed by atoms with Crippen molar-refractivity contribution in [3.63, 3.8) is 0 Å². The molecule has 1 aromatic rings. The van der Waals surface area contributed by atoms with Crippen LogP contribution in [0.5, 0.6) is 0 Å². The number of ketones is 2. The Hall–Kier alpha value is -3.09. The normalized spacial score (nSPS) is 34.2. The minimum absolute atomic E-state index is 0.0189. The zero-order valence-electron chi connectivity index (χ0n) is 30.5. The van der Waals surface area contributed by atoms with Crippen LogP contribution in [0.25, 0.3) is 0 Å². The van der Waals surface area contributed by atoms with Crippen molar-refractivity contribution >= 4 is 39.3 Å². The third-order valence-corrected chi connectivity index (χ3v) is 14.4. The summed E-state index contributed by atoms with van der Waals surface area (Å²) < 4.78 is 33.0. The lowest BCUT2D eigenvalue weighted by molar-refractivity contribution is -0.129. The van der Waals surface area contributed by atoms with E-state index >= 15 is 0 Å². The molecular formula is C39H54N6O5S. The Morgan fingerprint density at radius 2 is 1.57 bits per heavy atom. The van der Waals surface area contributed by atoms with E-state index in [0.29, 0.717) is 18.2 Å². The first-order valence-corrected chi connectivity index (χ1v) is 20.9. The predicted molar refractivity (Wildman–Crippen MR) is 199 cm³/mol. The van der Waals surface area contributed by atoms with Crippen LogP contribution in [0.2, 0.25) is 0 Å². The zero-order valence-corrected chi connectivity index (χ0v) is 31.3. The second-order valence-corrected chi connectivity index (χ2v) is 18.4. The van der Waals surface area contributed by atoms with Gasteiger partial charge in [0.15, 0.2) is 11.6 Å². The van der Waals surface area contributed by atoms with Crippen LogP contribution in [0.1, 0.15) is 72.1 Å². The van der Waals surface area contributed by atoms with Crippen molar-refractivity contribution in [2.24, 2.45) is 34.5 Å². The Labute approximate surface area is 303 Å². The highest BCUT2D eigenvalue weighted by Gasteiger charge is 2.59. The van der Waals surface area contributed by atoms with Crippen molar-refractivity contribution in [3.8, 4) is 0 Å². The van der Waals surface area contributed by atoms with Gasteiger partial charge >= 0.3 is 0 Å². The number of allylic oxidation sites excluding steroid dienone is 5. The van der Waals surface area contributed by atoms with Crippen molar-refractivity contribution in [1.29, 1.82) is 0 Å². The van der Waals surface area contributed by atoms with E-state index in [2.05, 4.69) is 52.5 Å². The van der Waals surface area contributed by atoms with Crippen LogP contribution >= 0.6 is 0 Å². The van der Waals surface area contributed by atoms with Crippen molar-refractivity contribution in [1.82, 2.24) is 14.9 Å². The SMILES string of the molecule is C[C@@H]1C[C@H]2[C@@H]3CCC4=CC(=O)C(CS(=O)(=O)O)=C[C@]4(C)C3=CC[C@]2(C)[C@H]1C(=O)CN1CCN(c2cc(N3CCCC3)nc(N3CCCC3)n2)CC1. The third kappa shape index (κ3) is 6.37. The Bertz CT molecular complexity index is 1750. The van der Waals surface area contributed by atoms with Gasteiger partial charge in [-0.3, -0.25) is 19.0 Å². The second kappa shape index (κ2) is 13.1. The highest BCUT2D eigenvalue weighted by Crippen LogP contribution is 2.65.